The van der Waals surface area contributed by atoms with Gasteiger partial charge in [-0.25, -0.2) is 0 Å². The van der Waals surface area contributed by atoms with E-state index in [1.54, 1.807) is 26.2 Å². The van der Waals surface area contributed by atoms with Gasteiger partial charge in [0.2, 0.25) is 5.91 Å². The largest absolute Gasteiger partial charge is 0.496 e. The normalized spacial score (nSPS) is 12.1. The third kappa shape index (κ3) is 3.06. The molecule has 0 heterocycles. The molecule has 1 atom stereocenters. The summed E-state index contributed by atoms with van der Waals surface area (Å²) in [5.74, 6) is 0.312. The van der Waals surface area contributed by atoms with Gasteiger partial charge < -0.3 is 16.2 Å². The van der Waals surface area contributed by atoms with Crippen molar-refractivity contribution in [1.82, 2.24) is 0 Å². The molecule has 82 valence electrons. The first-order valence-electron chi connectivity index (χ1n) is 4.44. The number of hydrogen-bond acceptors (Lipinski definition) is 4. The maximum atomic E-state index is 10.9. The summed E-state index contributed by atoms with van der Waals surface area (Å²) in [5, 5.41) is -0.289. The van der Waals surface area contributed by atoms with E-state index in [0.717, 1.165) is 4.90 Å². The average molecular weight is 226 g/mol. The van der Waals surface area contributed by atoms with Gasteiger partial charge in [0.15, 0.2) is 0 Å². The van der Waals surface area contributed by atoms with Crippen LogP contribution in [-0.2, 0) is 4.79 Å². The van der Waals surface area contributed by atoms with Crippen molar-refractivity contribution in [1.29, 1.82) is 0 Å². The summed E-state index contributed by atoms with van der Waals surface area (Å²) in [6, 6.07) is 5.30. The predicted octanol–water partition coefficient (Wildman–Crippen LogP) is 1.24. The Balaban J connectivity index is 2.89. The fourth-order valence-electron chi connectivity index (χ4n) is 1.03. The molecule has 0 aliphatic heterocycles. The average Bonchev–Trinajstić information content (AvgIpc) is 2.20. The molecule has 15 heavy (non-hydrogen) atoms. The maximum absolute atomic E-state index is 10.9. The lowest BCUT2D eigenvalue weighted by molar-refractivity contribution is -0.117. The van der Waals surface area contributed by atoms with Crippen molar-refractivity contribution >= 4 is 23.4 Å². The minimum absolute atomic E-state index is 0.289. The molecule has 0 aliphatic rings. The summed E-state index contributed by atoms with van der Waals surface area (Å²) in [6.07, 6.45) is 0. The van der Waals surface area contributed by atoms with E-state index >= 15 is 0 Å². The van der Waals surface area contributed by atoms with Gasteiger partial charge in [-0.3, -0.25) is 4.79 Å². The summed E-state index contributed by atoms with van der Waals surface area (Å²) < 4.78 is 5.15. The van der Waals surface area contributed by atoms with Crippen LogP contribution in [0.4, 0.5) is 5.69 Å². The number of anilines is 1. The highest BCUT2D eigenvalue weighted by atomic mass is 32.2. The van der Waals surface area contributed by atoms with Crippen LogP contribution in [0.15, 0.2) is 23.1 Å². The van der Waals surface area contributed by atoms with Gasteiger partial charge in [0.25, 0.3) is 0 Å². The summed E-state index contributed by atoms with van der Waals surface area (Å²) in [4.78, 5) is 11.8. The number of primary amides is 1. The molecule has 0 saturated carbocycles. The summed E-state index contributed by atoms with van der Waals surface area (Å²) in [5.41, 5.74) is 11.4. The molecule has 1 amide bonds. The molecule has 0 fully saturated rings. The molecule has 0 radical (unpaired) electrons. The second-order valence-electron chi connectivity index (χ2n) is 3.07. The summed E-state index contributed by atoms with van der Waals surface area (Å²) in [7, 11) is 1.56. The Morgan fingerprint density at radius 1 is 1.53 bits per heavy atom. The molecule has 1 aromatic carbocycles. The van der Waals surface area contributed by atoms with E-state index < -0.39 is 0 Å². The van der Waals surface area contributed by atoms with Gasteiger partial charge in [-0.1, -0.05) is 0 Å². The van der Waals surface area contributed by atoms with Crippen LogP contribution in [0.25, 0.3) is 0 Å². The molecule has 4 nitrogen and oxygen atoms in total. The van der Waals surface area contributed by atoms with Crippen molar-refractivity contribution < 1.29 is 9.53 Å². The first-order chi connectivity index (χ1) is 7.04. The van der Waals surface area contributed by atoms with E-state index in [4.69, 9.17) is 16.2 Å². The first-order valence-corrected chi connectivity index (χ1v) is 5.32. The fraction of sp³-hybridized carbons (Fsp3) is 0.300. The van der Waals surface area contributed by atoms with Crippen LogP contribution in [-0.4, -0.2) is 18.3 Å². The molecular weight excluding hydrogens is 212 g/mol. The zero-order valence-corrected chi connectivity index (χ0v) is 9.51. The second-order valence-corrected chi connectivity index (χ2v) is 4.46. The van der Waals surface area contributed by atoms with E-state index in [2.05, 4.69) is 0 Å². The Morgan fingerprint density at radius 2 is 2.20 bits per heavy atom. The number of hydrogen-bond donors (Lipinski definition) is 2. The minimum Gasteiger partial charge on any atom is -0.496 e. The van der Waals surface area contributed by atoms with Gasteiger partial charge in [0.05, 0.1) is 17.3 Å². The molecule has 0 spiro atoms. The lowest BCUT2D eigenvalue weighted by atomic mass is 10.3. The van der Waals surface area contributed by atoms with Gasteiger partial charge in [0.1, 0.15) is 5.75 Å². The van der Waals surface area contributed by atoms with Crippen molar-refractivity contribution in [2.24, 2.45) is 5.73 Å². The SMILES string of the molecule is COc1cc(N)ccc1SC(C)C(N)=O. The number of methoxy groups -OCH3 is 1. The highest BCUT2D eigenvalue weighted by molar-refractivity contribution is 8.00. The van der Waals surface area contributed by atoms with E-state index in [1.165, 1.54) is 11.8 Å². The fourth-order valence-corrected chi connectivity index (χ4v) is 1.93. The summed E-state index contributed by atoms with van der Waals surface area (Å²) in [6.45, 7) is 1.75. The molecule has 1 unspecified atom stereocenters. The predicted molar refractivity (Wildman–Crippen MR) is 61.9 cm³/mol. The molecule has 0 bridgehead atoms. The number of thioether (sulfide) groups is 1. The van der Waals surface area contributed by atoms with Crippen LogP contribution in [0.2, 0.25) is 0 Å². The monoisotopic (exact) mass is 226 g/mol. The highest BCUT2D eigenvalue weighted by Crippen LogP contribution is 2.33. The lowest BCUT2D eigenvalue weighted by Crippen LogP contribution is -2.22. The third-order valence-corrected chi connectivity index (χ3v) is 3.07. The van der Waals surface area contributed by atoms with Crippen molar-refractivity contribution in [3.63, 3.8) is 0 Å². The van der Waals surface area contributed by atoms with Crippen molar-refractivity contribution in [3.8, 4) is 5.75 Å². The van der Waals surface area contributed by atoms with E-state index in [-0.39, 0.29) is 11.2 Å². The zero-order chi connectivity index (χ0) is 11.4. The Kier molecular flexibility index (Phi) is 3.85. The van der Waals surface area contributed by atoms with Crippen LogP contribution in [0.3, 0.4) is 0 Å². The smallest absolute Gasteiger partial charge is 0.230 e. The second kappa shape index (κ2) is 4.93. The van der Waals surface area contributed by atoms with E-state index in [9.17, 15) is 4.79 Å². The maximum Gasteiger partial charge on any atom is 0.230 e. The van der Waals surface area contributed by atoms with E-state index in [0.29, 0.717) is 11.4 Å². The Labute approximate surface area is 93.0 Å². The lowest BCUT2D eigenvalue weighted by Gasteiger charge is -2.11. The molecular formula is C10H14N2O2S. The number of nitrogens with two attached hydrogens (primary N) is 2. The topological polar surface area (TPSA) is 78.3 Å². The summed E-state index contributed by atoms with van der Waals surface area (Å²) >= 11 is 1.36. The molecule has 1 rings (SSSR count). The molecule has 1 aromatic rings. The van der Waals surface area contributed by atoms with Crippen LogP contribution < -0.4 is 16.2 Å². The number of ether oxygens (including phenoxy) is 1. The number of benzene rings is 1. The first kappa shape index (κ1) is 11.7. The van der Waals surface area contributed by atoms with Gasteiger partial charge in [0, 0.05) is 11.8 Å². The van der Waals surface area contributed by atoms with Crippen LogP contribution in [0, 0.1) is 0 Å². The Morgan fingerprint density at radius 3 is 2.73 bits per heavy atom. The number of carbonyl (C=O) groups is 1. The highest BCUT2D eigenvalue weighted by Gasteiger charge is 2.13. The van der Waals surface area contributed by atoms with Gasteiger partial charge in [-0.15, -0.1) is 11.8 Å². The Bertz CT molecular complexity index is 368. The number of rotatable bonds is 4. The Hall–Kier alpha value is -1.36. The number of carbonyl (C=O) groups excluding carboxylic acids is 1. The van der Waals surface area contributed by atoms with E-state index in [1.807, 2.05) is 6.07 Å². The third-order valence-electron chi connectivity index (χ3n) is 1.89. The molecule has 0 aromatic heterocycles. The van der Waals surface area contributed by atoms with Gasteiger partial charge >= 0.3 is 0 Å². The zero-order valence-electron chi connectivity index (χ0n) is 8.69. The van der Waals surface area contributed by atoms with Crippen molar-refractivity contribution in [2.75, 3.05) is 12.8 Å². The standard InChI is InChI=1S/C10H14N2O2S/c1-6(10(12)13)15-9-4-3-7(11)5-8(9)14-2/h3-6H,11H2,1-2H3,(H2,12,13). The van der Waals surface area contributed by atoms with Gasteiger partial charge in [-0.05, 0) is 19.1 Å². The number of nitrogen functional groups attached to an aromatic ring is 1. The quantitative estimate of drug-likeness (QED) is 0.598. The van der Waals surface area contributed by atoms with Crippen molar-refractivity contribution in [3.05, 3.63) is 18.2 Å². The number of amides is 1. The van der Waals surface area contributed by atoms with Crippen LogP contribution in [0.5, 0.6) is 5.75 Å². The van der Waals surface area contributed by atoms with Crippen LogP contribution >= 0.6 is 11.8 Å². The molecule has 0 aliphatic carbocycles. The molecule has 4 N–H and O–H groups in total. The molecule has 0 saturated heterocycles. The van der Waals surface area contributed by atoms with Crippen LogP contribution in [0.1, 0.15) is 6.92 Å². The van der Waals surface area contributed by atoms with Gasteiger partial charge in [-0.2, -0.15) is 0 Å². The van der Waals surface area contributed by atoms with Crippen molar-refractivity contribution in [2.45, 2.75) is 17.1 Å². The minimum atomic E-state index is -0.348. The molecule has 5 heteroatoms.